The fraction of sp³-hybridized carbons (Fsp3) is 0.276. The Bertz CT molecular complexity index is 2600. The van der Waals surface area contributed by atoms with E-state index in [1.807, 2.05) is 0 Å². The van der Waals surface area contributed by atoms with E-state index in [9.17, 15) is 0 Å². The maximum Gasteiger partial charge on any atom is 0.0714 e. The second-order valence-electron chi connectivity index (χ2n) is 18.5. The van der Waals surface area contributed by atoms with Gasteiger partial charge in [0.2, 0.25) is 0 Å². The van der Waals surface area contributed by atoms with Crippen LogP contribution in [0, 0.1) is 0 Å². The minimum atomic E-state index is -0.460. The first-order chi connectivity index (χ1) is 29.0. The smallest absolute Gasteiger partial charge is 0.0714 e. The molecule has 1 nitrogen and oxygen atoms in total. The molecule has 0 aliphatic heterocycles. The highest BCUT2D eigenvalue weighted by Gasteiger charge is 2.46. The normalized spacial score (nSPS) is 17.8. The molecule has 0 heterocycles. The zero-order chi connectivity index (χ0) is 39.6. The van der Waals surface area contributed by atoms with E-state index in [1.165, 1.54) is 142 Å². The van der Waals surface area contributed by atoms with Crippen molar-refractivity contribution in [1.82, 2.24) is 0 Å². The molecule has 4 aliphatic rings. The summed E-state index contributed by atoms with van der Waals surface area (Å²) < 4.78 is 0. The number of hydrogen-bond donors (Lipinski definition) is 0. The van der Waals surface area contributed by atoms with Crippen molar-refractivity contribution in [2.75, 3.05) is 4.90 Å². The molecule has 7 aromatic carbocycles. The molecule has 0 aromatic heterocycles. The minimum absolute atomic E-state index is 0.1000. The lowest BCUT2D eigenvalue weighted by Crippen LogP contribution is -2.28. The Morgan fingerprint density at radius 1 is 0.373 bits per heavy atom. The lowest BCUT2D eigenvalue weighted by atomic mass is 9.67. The van der Waals surface area contributed by atoms with E-state index >= 15 is 0 Å². The van der Waals surface area contributed by atoms with Crippen molar-refractivity contribution in [1.29, 1.82) is 0 Å². The van der Waals surface area contributed by atoms with Gasteiger partial charge in [0.15, 0.2) is 0 Å². The van der Waals surface area contributed by atoms with Crippen LogP contribution in [-0.4, -0.2) is 0 Å². The van der Waals surface area contributed by atoms with Gasteiger partial charge in [0.25, 0.3) is 0 Å². The van der Waals surface area contributed by atoms with Crippen LogP contribution in [0.1, 0.15) is 134 Å². The zero-order valence-corrected chi connectivity index (χ0v) is 34.8. The van der Waals surface area contributed by atoms with E-state index in [0.717, 1.165) is 0 Å². The third-order valence-electron chi connectivity index (χ3n) is 14.9. The van der Waals surface area contributed by atoms with Crippen molar-refractivity contribution in [3.63, 3.8) is 0 Å². The maximum absolute atomic E-state index is 2.58. The molecule has 0 atom stereocenters. The van der Waals surface area contributed by atoms with Gasteiger partial charge in [0.1, 0.15) is 0 Å². The Morgan fingerprint density at radius 2 is 0.814 bits per heavy atom. The summed E-state index contributed by atoms with van der Waals surface area (Å²) in [5.41, 5.74) is 19.7. The molecule has 292 valence electrons. The fourth-order valence-corrected chi connectivity index (χ4v) is 11.9. The summed E-state index contributed by atoms with van der Waals surface area (Å²) in [4.78, 5) is 2.54. The van der Waals surface area contributed by atoms with Crippen LogP contribution in [0.3, 0.4) is 0 Å². The van der Waals surface area contributed by atoms with Gasteiger partial charge in [-0.1, -0.05) is 180 Å². The molecule has 0 radical (unpaired) electrons. The van der Waals surface area contributed by atoms with Crippen LogP contribution in [0.5, 0.6) is 0 Å². The van der Waals surface area contributed by atoms with Crippen molar-refractivity contribution in [2.24, 2.45) is 0 Å². The van der Waals surface area contributed by atoms with Gasteiger partial charge < -0.3 is 4.90 Å². The molecular formula is C58H55N. The highest BCUT2D eigenvalue weighted by Crippen LogP contribution is 2.58. The number of benzene rings is 7. The largest absolute Gasteiger partial charge is 0.310 e. The lowest BCUT2D eigenvalue weighted by molar-refractivity contribution is 0.443. The number of nitrogens with zero attached hydrogens (tertiary/aromatic N) is 1. The zero-order valence-electron chi connectivity index (χ0n) is 34.8. The Morgan fingerprint density at radius 3 is 1.42 bits per heavy atom. The standard InChI is InChI=1S/C58H55N/c1-57(2)54-37-43(41-19-9-4-10-20-41)29-34-50(54)51-35-32-47(38-55(51)57)59(46-30-27-42(28-31-46)40-17-7-3-8-18-40)48-33-36-52-49-25-15-16-26-53(49)58(56(52)39-48,44-21-11-5-12-22-44)45-23-13-6-14-24-45/h5-6,11-16,21-41H,3-4,7-10,17-20H2,1-2H3. The summed E-state index contributed by atoms with van der Waals surface area (Å²) in [6.07, 6.45) is 13.4. The van der Waals surface area contributed by atoms with Crippen LogP contribution in [0.25, 0.3) is 22.3 Å². The molecule has 0 unspecified atom stereocenters. The predicted molar refractivity (Wildman–Crippen MR) is 248 cm³/mol. The van der Waals surface area contributed by atoms with Crippen molar-refractivity contribution < 1.29 is 0 Å². The summed E-state index contributed by atoms with van der Waals surface area (Å²) in [6.45, 7) is 4.91. The van der Waals surface area contributed by atoms with E-state index in [-0.39, 0.29) is 5.41 Å². The van der Waals surface area contributed by atoms with E-state index in [0.29, 0.717) is 11.8 Å². The Hall–Kier alpha value is -5.66. The second kappa shape index (κ2) is 14.6. The first kappa shape index (κ1) is 36.4. The van der Waals surface area contributed by atoms with Crippen LogP contribution in [0.15, 0.2) is 164 Å². The summed E-state index contributed by atoms with van der Waals surface area (Å²) in [5, 5.41) is 0. The van der Waals surface area contributed by atoms with Crippen molar-refractivity contribution in [3.8, 4) is 22.3 Å². The highest BCUT2D eigenvalue weighted by molar-refractivity contribution is 5.91. The molecule has 2 fully saturated rings. The second-order valence-corrected chi connectivity index (χ2v) is 18.5. The van der Waals surface area contributed by atoms with Crippen molar-refractivity contribution in [2.45, 2.75) is 101 Å². The molecule has 11 rings (SSSR count). The van der Waals surface area contributed by atoms with E-state index in [2.05, 4.69) is 183 Å². The quantitative estimate of drug-likeness (QED) is 0.156. The lowest BCUT2D eigenvalue weighted by Gasteiger charge is -2.35. The Balaban J connectivity index is 1.09. The van der Waals surface area contributed by atoms with Gasteiger partial charge in [0, 0.05) is 22.5 Å². The van der Waals surface area contributed by atoms with Gasteiger partial charge in [-0.05, 0) is 141 Å². The molecule has 2 saturated carbocycles. The first-order valence-electron chi connectivity index (χ1n) is 22.6. The Labute approximate surface area is 351 Å². The van der Waals surface area contributed by atoms with Crippen LogP contribution in [0.4, 0.5) is 17.1 Å². The summed E-state index contributed by atoms with van der Waals surface area (Å²) in [6, 6.07) is 63.3. The number of anilines is 3. The molecule has 0 N–H and O–H groups in total. The molecule has 7 aromatic rings. The molecule has 0 saturated heterocycles. The first-order valence-corrected chi connectivity index (χ1v) is 22.6. The van der Waals surface area contributed by atoms with Crippen LogP contribution in [0.2, 0.25) is 0 Å². The summed E-state index contributed by atoms with van der Waals surface area (Å²) >= 11 is 0. The molecule has 4 aliphatic carbocycles. The van der Waals surface area contributed by atoms with Crippen LogP contribution in [-0.2, 0) is 10.8 Å². The van der Waals surface area contributed by atoms with Gasteiger partial charge >= 0.3 is 0 Å². The summed E-state index contributed by atoms with van der Waals surface area (Å²) in [7, 11) is 0. The minimum Gasteiger partial charge on any atom is -0.310 e. The Kier molecular flexibility index (Phi) is 8.99. The average molecular weight is 766 g/mol. The van der Waals surface area contributed by atoms with E-state index < -0.39 is 5.41 Å². The topological polar surface area (TPSA) is 3.24 Å². The van der Waals surface area contributed by atoms with Gasteiger partial charge in [0.05, 0.1) is 5.41 Å². The third-order valence-corrected chi connectivity index (χ3v) is 14.9. The molecule has 0 spiro atoms. The molecule has 1 heteroatoms. The number of fused-ring (bicyclic) bond motifs is 6. The maximum atomic E-state index is 2.58. The van der Waals surface area contributed by atoms with Gasteiger partial charge in [-0.25, -0.2) is 0 Å². The molecular weight excluding hydrogens is 711 g/mol. The molecule has 0 bridgehead atoms. The summed E-state index contributed by atoms with van der Waals surface area (Å²) in [5.74, 6) is 1.36. The molecule has 0 amide bonds. The third kappa shape index (κ3) is 5.87. The SMILES string of the molecule is CC1(C)c2cc(C3CCCCC3)ccc2-c2ccc(N(c3ccc(C4CCCCC4)cc3)c3ccc4c(c3)C(c3ccccc3)(c3ccccc3)c3ccccc3-4)cc21. The monoisotopic (exact) mass is 765 g/mol. The highest BCUT2D eigenvalue weighted by atomic mass is 15.1. The average Bonchev–Trinajstić information content (AvgIpc) is 3.72. The predicted octanol–water partition coefficient (Wildman–Crippen LogP) is 15.9. The van der Waals surface area contributed by atoms with Crippen LogP contribution >= 0.6 is 0 Å². The molecule has 59 heavy (non-hydrogen) atoms. The van der Waals surface area contributed by atoms with Gasteiger partial charge in [-0.3, -0.25) is 0 Å². The van der Waals surface area contributed by atoms with Crippen molar-refractivity contribution >= 4 is 17.1 Å². The van der Waals surface area contributed by atoms with E-state index in [1.54, 1.807) is 5.56 Å². The van der Waals surface area contributed by atoms with Gasteiger partial charge in [-0.15, -0.1) is 0 Å². The van der Waals surface area contributed by atoms with Crippen molar-refractivity contribution in [3.05, 3.63) is 208 Å². The van der Waals surface area contributed by atoms with Crippen LogP contribution < -0.4 is 4.90 Å². The fourth-order valence-electron chi connectivity index (χ4n) is 11.9. The van der Waals surface area contributed by atoms with Gasteiger partial charge in [-0.2, -0.15) is 0 Å². The van der Waals surface area contributed by atoms with E-state index in [4.69, 9.17) is 0 Å². The number of hydrogen-bond acceptors (Lipinski definition) is 1. The number of rotatable bonds is 7.